The van der Waals surface area contributed by atoms with Gasteiger partial charge in [0.25, 0.3) is 0 Å². The van der Waals surface area contributed by atoms with Crippen molar-refractivity contribution in [3.8, 4) is 0 Å². The Bertz CT molecular complexity index is 1000. The normalized spacial score (nSPS) is 13.5. The maximum atomic E-state index is 13.5. The second-order valence-corrected chi connectivity index (χ2v) is 17.6. The number of hydrogen-bond donors (Lipinski definition) is 0. The van der Waals surface area contributed by atoms with Crippen LogP contribution in [-0.2, 0) is 15.6 Å². The SMILES string of the molecule is O=C([O][Sb]([O]C(=O)C(F)(F)F)([c]1ccccc1)([c]1ccccc1)[c]1ccccc1)C(F)(F)F. The van der Waals surface area contributed by atoms with E-state index in [-0.39, 0.29) is 10.5 Å². The van der Waals surface area contributed by atoms with Crippen molar-refractivity contribution in [3.63, 3.8) is 0 Å². The van der Waals surface area contributed by atoms with Gasteiger partial charge in [-0.05, 0) is 0 Å². The van der Waals surface area contributed by atoms with E-state index in [1.165, 1.54) is 91.0 Å². The third-order valence-corrected chi connectivity index (χ3v) is 18.2. The van der Waals surface area contributed by atoms with Gasteiger partial charge in [0.15, 0.2) is 0 Å². The molecule has 0 saturated heterocycles. The summed E-state index contributed by atoms with van der Waals surface area (Å²) in [6.07, 6.45) is -11.2. The van der Waals surface area contributed by atoms with Crippen LogP contribution in [0.1, 0.15) is 0 Å². The Morgan fingerprint density at radius 2 is 0.758 bits per heavy atom. The van der Waals surface area contributed by atoms with Gasteiger partial charge < -0.3 is 0 Å². The van der Waals surface area contributed by atoms with Crippen LogP contribution in [-0.4, -0.2) is 42.5 Å². The predicted molar refractivity (Wildman–Crippen MR) is 108 cm³/mol. The molecule has 33 heavy (non-hydrogen) atoms. The summed E-state index contributed by atoms with van der Waals surface area (Å²) in [7, 11) is 0. The molecule has 0 atom stereocenters. The van der Waals surface area contributed by atoms with E-state index < -0.39 is 42.5 Å². The molecule has 0 aliphatic heterocycles. The van der Waals surface area contributed by atoms with Crippen molar-refractivity contribution in [2.24, 2.45) is 0 Å². The summed E-state index contributed by atoms with van der Waals surface area (Å²) in [5, 5.41) is 0. The van der Waals surface area contributed by atoms with E-state index in [1.807, 2.05) is 0 Å². The number of rotatable bonds is 5. The standard InChI is InChI=1S/3C6H5.2C2HF3O2.Sb/c3*1-2-4-6-5-3-1;2*3-2(4,5)1(6)7;/h3*1-5H;2*(H,6,7);/q;;;;;+2/p-2. The van der Waals surface area contributed by atoms with Gasteiger partial charge in [-0.3, -0.25) is 0 Å². The molecule has 174 valence electrons. The predicted octanol–water partition coefficient (Wildman–Crippen LogP) is 3.32. The van der Waals surface area contributed by atoms with Crippen LogP contribution in [0.4, 0.5) is 26.3 Å². The molecule has 0 aliphatic carbocycles. The third kappa shape index (κ3) is 4.44. The van der Waals surface area contributed by atoms with Crippen LogP contribution in [0.15, 0.2) is 91.0 Å². The first-order chi connectivity index (χ1) is 15.4. The molecule has 0 N–H and O–H groups in total. The molecule has 0 heterocycles. The van der Waals surface area contributed by atoms with Gasteiger partial charge in [-0.15, -0.1) is 0 Å². The van der Waals surface area contributed by atoms with Gasteiger partial charge in [0, 0.05) is 0 Å². The zero-order chi connectivity index (χ0) is 24.4. The molecular formula is C22H15F6O4Sb. The van der Waals surface area contributed by atoms with Crippen molar-refractivity contribution >= 4 is 40.7 Å². The van der Waals surface area contributed by atoms with Gasteiger partial charge in [-0.1, -0.05) is 0 Å². The molecule has 0 radical (unpaired) electrons. The van der Waals surface area contributed by atoms with Crippen molar-refractivity contribution in [3.05, 3.63) is 91.0 Å². The van der Waals surface area contributed by atoms with Crippen LogP contribution in [0.3, 0.4) is 0 Å². The van der Waals surface area contributed by atoms with Crippen LogP contribution in [0.2, 0.25) is 0 Å². The molecule has 3 aromatic rings. The van der Waals surface area contributed by atoms with Crippen molar-refractivity contribution in [2.75, 3.05) is 0 Å². The Balaban J connectivity index is 2.56. The van der Waals surface area contributed by atoms with Gasteiger partial charge in [0.1, 0.15) is 0 Å². The molecule has 0 spiro atoms. The number of halogens is 6. The van der Waals surface area contributed by atoms with Crippen molar-refractivity contribution in [1.82, 2.24) is 0 Å². The van der Waals surface area contributed by atoms with Gasteiger partial charge in [-0.2, -0.15) is 0 Å². The summed E-state index contributed by atoms with van der Waals surface area (Å²) in [5.74, 6) is -5.56. The second-order valence-electron chi connectivity index (χ2n) is 6.72. The minimum atomic E-state index is -7.16. The molecule has 3 aromatic carbocycles. The zero-order valence-corrected chi connectivity index (χ0v) is 19.1. The Hall–Kier alpha value is -3.00. The Morgan fingerprint density at radius 1 is 0.515 bits per heavy atom. The molecule has 0 bridgehead atoms. The Kier molecular flexibility index (Phi) is 6.53. The van der Waals surface area contributed by atoms with E-state index in [9.17, 15) is 35.9 Å². The van der Waals surface area contributed by atoms with Crippen molar-refractivity contribution < 1.29 is 42.0 Å². The fourth-order valence-electron chi connectivity index (χ4n) is 3.30. The molecule has 0 aliphatic rings. The molecule has 0 aromatic heterocycles. The maximum absolute atomic E-state index is 13.5. The summed E-state index contributed by atoms with van der Waals surface area (Å²) < 4.78 is 90.2. The summed E-state index contributed by atoms with van der Waals surface area (Å²) in [6.45, 7) is 0. The topological polar surface area (TPSA) is 52.6 Å². The van der Waals surface area contributed by atoms with E-state index in [4.69, 9.17) is 6.03 Å². The van der Waals surface area contributed by atoms with Gasteiger partial charge >= 0.3 is 186 Å². The first-order valence-corrected chi connectivity index (χ1v) is 15.1. The van der Waals surface area contributed by atoms with Crippen LogP contribution >= 0.6 is 0 Å². The van der Waals surface area contributed by atoms with Crippen molar-refractivity contribution in [1.29, 1.82) is 0 Å². The van der Waals surface area contributed by atoms with Crippen LogP contribution in [0, 0.1) is 0 Å². The van der Waals surface area contributed by atoms with E-state index in [1.54, 1.807) is 0 Å². The first kappa shape index (κ1) is 24.6. The summed E-state index contributed by atoms with van der Waals surface area (Å²) in [6, 6.07) is 19.4. The van der Waals surface area contributed by atoms with Gasteiger partial charge in [-0.25, -0.2) is 0 Å². The fraction of sp³-hybridized carbons (Fsp3) is 0.0909. The molecule has 3 rings (SSSR count). The molecule has 11 heteroatoms. The van der Waals surface area contributed by atoms with Crippen LogP contribution < -0.4 is 10.5 Å². The molecule has 0 amide bonds. The van der Waals surface area contributed by atoms with Gasteiger partial charge in [0.05, 0.1) is 0 Å². The molecular weight excluding hydrogens is 564 g/mol. The van der Waals surface area contributed by atoms with Crippen LogP contribution in [0.25, 0.3) is 0 Å². The van der Waals surface area contributed by atoms with E-state index in [0.29, 0.717) is 0 Å². The Morgan fingerprint density at radius 3 is 0.970 bits per heavy atom. The van der Waals surface area contributed by atoms with Gasteiger partial charge in [0.2, 0.25) is 0 Å². The minimum absolute atomic E-state index is 0.280. The average molecular weight is 579 g/mol. The Labute approximate surface area is 185 Å². The third-order valence-electron chi connectivity index (χ3n) is 4.65. The number of hydrogen-bond acceptors (Lipinski definition) is 4. The quantitative estimate of drug-likeness (QED) is 0.344. The molecule has 0 unspecified atom stereocenters. The first-order valence-electron chi connectivity index (χ1n) is 9.22. The number of carbonyl (C=O) groups excluding carboxylic acids is 2. The molecule has 0 fully saturated rings. The van der Waals surface area contributed by atoms with Crippen molar-refractivity contribution in [2.45, 2.75) is 12.4 Å². The summed E-state index contributed by atoms with van der Waals surface area (Å²) in [5.41, 5.74) is 0. The van der Waals surface area contributed by atoms with E-state index in [2.05, 4.69) is 0 Å². The fourth-order valence-corrected chi connectivity index (χ4v) is 16.3. The van der Waals surface area contributed by atoms with E-state index in [0.717, 1.165) is 0 Å². The summed E-state index contributed by atoms with van der Waals surface area (Å²) in [4.78, 5) is 24.5. The monoisotopic (exact) mass is 578 g/mol. The molecule has 0 saturated carbocycles. The number of carbonyl (C=O) groups is 2. The zero-order valence-electron chi connectivity index (χ0n) is 16.5. The van der Waals surface area contributed by atoms with E-state index >= 15 is 0 Å². The number of alkyl halides is 6. The average Bonchev–Trinajstić information content (AvgIpc) is 2.79. The second kappa shape index (κ2) is 8.74. The summed E-state index contributed by atoms with van der Waals surface area (Å²) >= 11 is -7.16. The molecule has 4 nitrogen and oxygen atoms in total. The number of benzene rings is 3. The van der Waals surface area contributed by atoms with Crippen LogP contribution in [0.5, 0.6) is 0 Å².